The SMILES string of the molecule is N#Cc1c(F)cccc1OCC(O)c1cccc([N+](=O)[O-])c1. The molecule has 0 saturated heterocycles. The maximum atomic E-state index is 13.4. The summed E-state index contributed by atoms with van der Waals surface area (Å²) in [6.07, 6.45) is -1.14. The van der Waals surface area contributed by atoms with Crippen molar-refractivity contribution in [2.45, 2.75) is 6.10 Å². The monoisotopic (exact) mass is 302 g/mol. The third kappa shape index (κ3) is 3.37. The van der Waals surface area contributed by atoms with Gasteiger partial charge in [-0.25, -0.2) is 4.39 Å². The molecular formula is C15H11FN2O4. The highest BCUT2D eigenvalue weighted by molar-refractivity contribution is 5.44. The fraction of sp³-hybridized carbons (Fsp3) is 0.133. The van der Waals surface area contributed by atoms with Crippen LogP contribution >= 0.6 is 0 Å². The van der Waals surface area contributed by atoms with Gasteiger partial charge >= 0.3 is 0 Å². The maximum absolute atomic E-state index is 13.4. The van der Waals surface area contributed by atoms with Gasteiger partial charge in [-0.15, -0.1) is 0 Å². The van der Waals surface area contributed by atoms with Crippen molar-refractivity contribution in [1.29, 1.82) is 5.26 Å². The molecule has 0 aliphatic heterocycles. The maximum Gasteiger partial charge on any atom is 0.269 e. The molecule has 0 aliphatic carbocycles. The number of halogens is 1. The smallest absolute Gasteiger partial charge is 0.269 e. The third-order valence-electron chi connectivity index (χ3n) is 2.95. The molecule has 0 spiro atoms. The van der Waals surface area contributed by atoms with E-state index in [2.05, 4.69) is 0 Å². The van der Waals surface area contributed by atoms with Crippen molar-refractivity contribution in [1.82, 2.24) is 0 Å². The van der Waals surface area contributed by atoms with Gasteiger partial charge in [0.1, 0.15) is 35.9 Å². The van der Waals surface area contributed by atoms with Gasteiger partial charge in [-0.1, -0.05) is 18.2 Å². The van der Waals surface area contributed by atoms with Crippen LogP contribution in [0.25, 0.3) is 0 Å². The molecule has 22 heavy (non-hydrogen) atoms. The molecule has 6 nitrogen and oxygen atoms in total. The molecule has 0 bridgehead atoms. The Morgan fingerprint density at radius 2 is 2.09 bits per heavy atom. The van der Waals surface area contributed by atoms with E-state index in [4.69, 9.17) is 10.00 Å². The number of rotatable bonds is 5. The Labute approximate surface area is 125 Å². The summed E-state index contributed by atoms with van der Waals surface area (Å²) in [4.78, 5) is 10.1. The van der Waals surface area contributed by atoms with E-state index in [1.165, 1.54) is 36.4 Å². The molecular weight excluding hydrogens is 291 g/mol. The number of nitrogens with zero attached hydrogens (tertiary/aromatic N) is 2. The first-order valence-corrected chi connectivity index (χ1v) is 6.26. The predicted molar refractivity (Wildman–Crippen MR) is 74.7 cm³/mol. The lowest BCUT2D eigenvalue weighted by atomic mass is 10.1. The Kier molecular flexibility index (Phi) is 4.66. The number of ether oxygens (including phenoxy) is 1. The van der Waals surface area contributed by atoms with Crippen LogP contribution in [0, 0.1) is 27.3 Å². The summed E-state index contributed by atoms with van der Waals surface area (Å²) in [5.41, 5.74) is -0.113. The number of nitriles is 1. The fourth-order valence-electron chi connectivity index (χ4n) is 1.84. The third-order valence-corrected chi connectivity index (χ3v) is 2.95. The second-order valence-corrected chi connectivity index (χ2v) is 4.40. The quantitative estimate of drug-likeness (QED) is 0.676. The Balaban J connectivity index is 2.12. The van der Waals surface area contributed by atoms with Gasteiger partial charge in [-0.3, -0.25) is 10.1 Å². The highest BCUT2D eigenvalue weighted by Crippen LogP contribution is 2.23. The van der Waals surface area contributed by atoms with Gasteiger partial charge in [0, 0.05) is 12.1 Å². The van der Waals surface area contributed by atoms with E-state index >= 15 is 0 Å². The van der Waals surface area contributed by atoms with E-state index in [0.717, 1.165) is 6.07 Å². The second-order valence-electron chi connectivity index (χ2n) is 4.40. The molecule has 0 saturated carbocycles. The van der Waals surface area contributed by atoms with Crippen molar-refractivity contribution >= 4 is 5.69 Å². The highest BCUT2D eigenvalue weighted by Gasteiger charge is 2.15. The minimum absolute atomic E-state index is 0.00646. The number of hydrogen-bond acceptors (Lipinski definition) is 5. The average molecular weight is 302 g/mol. The first-order chi connectivity index (χ1) is 10.5. The van der Waals surface area contributed by atoms with E-state index < -0.39 is 16.8 Å². The molecule has 112 valence electrons. The number of benzene rings is 2. The van der Waals surface area contributed by atoms with Crippen molar-refractivity contribution in [3.8, 4) is 11.8 Å². The highest BCUT2D eigenvalue weighted by atomic mass is 19.1. The number of aliphatic hydroxyl groups is 1. The Bertz CT molecular complexity index is 743. The topological polar surface area (TPSA) is 96.4 Å². The lowest BCUT2D eigenvalue weighted by molar-refractivity contribution is -0.385. The number of hydrogen-bond donors (Lipinski definition) is 1. The van der Waals surface area contributed by atoms with Crippen LogP contribution in [0.15, 0.2) is 42.5 Å². The van der Waals surface area contributed by atoms with Crippen molar-refractivity contribution in [2.24, 2.45) is 0 Å². The molecule has 0 fully saturated rings. The molecule has 2 aromatic carbocycles. The van der Waals surface area contributed by atoms with E-state index in [1.54, 1.807) is 6.07 Å². The zero-order chi connectivity index (χ0) is 16.1. The molecule has 0 amide bonds. The summed E-state index contributed by atoms with van der Waals surface area (Å²) in [6, 6.07) is 11.1. The predicted octanol–water partition coefficient (Wildman–Crippen LogP) is 2.72. The first kappa shape index (κ1) is 15.4. The van der Waals surface area contributed by atoms with Crippen molar-refractivity contribution in [3.63, 3.8) is 0 Å². The van der Waals surface area contributed by atoms with E-state index in [-0.39, 0.29) is 23.6 Å². The number of nitro benzene ring substituents is 1. The van der Waals surface area contributed by atoms with Crippen LogP contribution < -0.4 is 4.74 Å². The molecule has 0 aliphatic rings. The largest absolute Gasteiger partial charge is 0.489 e. The summed E-state index contributed by atoms with van der Waals surface area (Å²) >= 11 is 0. The van der Waals surface area contributed by atoms with Gasteiger partial charge in [0.2, 0.25) is 0 Å². The minimum Gasteiger partial charge on any atom is -0.489 e. The Morgan fingerprint density at radius 3 is 2.77 bits per heavy atom. The molecule has 1 atom stereocenters. The van der Waals surface area contributed by atoms with Gasteiger partial charge in [0.25, 0.3) is 5.69 Å². The summed E-state index contributed by atoms with van der Waals surface area (Å²) in [6.45, 7) is -0.265. The van der Waals surface area contributed by atoms with E-state index in [0.29, 0.717) is 5.56 Å². The fourth-order valence-corrected chi connectivity index (χ4v) is 1.84. The minimum atomic E-state index is -1.14. The molecule has 1 N–H and O–H groups in total. The Morgan fingerprint density at radius 1 is 1.36 bits per heavy atom. The average Bonchev–Trinajstić information content (AvgIpc) is 2.52. The van der Waals surface area contributed by atoms with Gasteiger partial charge in [-0.05, 0) is 17.7 Å². The molecule has 1 unspecified atom stereocenters. The Hall–Kier alpha value is -2.98. The summed E-state index contributed by atoms with van der Waals surface area (Å²) in [5, 5.41) is 29.6. The zero-order valence-electron chi connectivity index (χ0n) is 11.3. The summed E-state index contributed by atoms with van der Waals surface area (Å²) < 4.78 is 18.6. The van der Waals surface area contributed by atoms with Crippen LogP contribution in [-0.2, 0) is 0 Å². The van der Waals surface area contributed by atoms with Crippen LogP contribution in [0.3, 0.4) is 0 Å². The van der Waals surface area contributed by atoms with Crippen LogP contribution in [-0.4, -0.2) is 16.6 Å². The zero-order valence-corrected chi connectivity index (χ0v) is 11.3. The van der Waals surface area contributed by atoms with Gasteiger partial charge in [-0.2, -0.15) is 5.26 Å². The molecule has 2 rings (SSSR count). The van der Waals surface area contributed by atoms with Crippen LogP contribution in [0.4, 0.5) is 10.1 Å². The van der Waals surface area contributed by atoms with Crippen LogP contribution in [0.5, 0.6) is 5.75 Å². The normalized spacial score (nSPS) is 11.5. The summed E-state index contributed by atoms with van der Waals surface area (Å²) in [7, 11) is 0. The van der Waals surface area contributed by atoms with Crippen molar-refractivity contribution < 1.29 is 19.2 Å². The van der Waals surface area contributed by atoms with Crippen LogP contribution in [0.2, 0.25) is 0 Å². The second kappa shape index (κ2) is 6.65. The summed E-state index contributed by atoms with van der Waals surface area (Å²) in [5.74, 6) is -0.711. The molecule has 2 aromatic rings. The van der Waals surface area contributed by atoms with Gasteiger partial charge < -0.3 is 9.84 Å². The number of non-ortho nitro benzene ring substituents is 1. The first-order valence-electron chi connectivity index (χ1n) is 6.26. The number of aliphatic hydroxyl groups excluding tert-OH is 1. The van der Waals surface area contributed by atoms with E-state index in [1.807, 2.05) is 0 Å². The molecule has 7 heteroatoms. The molecule has 0 aromatic heterocycles. The van der Waals surface area contributed by atoms with Crippen molar-refractivity contribution in [3.05, 3.63) is 69.5 Å². The van der Waals surface area contributed by atoms with E-state index in [9.17, 15) is 19.6 Å². The van der Waals surface area contributed by atoms with Crippen LogP contribution in [0.1, 0.15) is 17.2 Å². The number of nitro groups is 1. The van der Waals surface area contributed by atoms with Crippen molar-refractivity contribution in [2.75, 3.05) is 6.61 Å². The molecule has 0 heterocycles. The molecule has 0 radical (unpaired) electrons. The lowest BCUT2D eigenvalue weighted by Gasteiger charge is -2.13. The van der Waals surface area contributed by atoms with Gasteiger partial charge in [0.15, 0.2) is 0 Å². The standard InChI is InChI=1S/C15H11FN2O4/c16-13-5-2-6-15(12(13)8-17)22-9-14(19)10-3-1-4-11(7-10)18(20)21/h1-7,14,19H,9H2. The lowest BCUT2D eigenvalue weighted by Crippen LogP contribution is -2.11. The van der Waals surface area contributed by atoms with Gasteiger partial charge in [0.05, 0.1) is 4.92 Å².